The molecule has 4 amide bonds. The lowest BCUT2D eigenvalue weighted by Crippen LogP contribution is -2.46. The summed E-state index contributed by atoms with van der Waals surface area (Å²) in [7, 11) is 1.64. The molecule has 2 aromatic rings. The molecule has 3 atom stereocenters. The van der Waals surface area contributed by atoms with E-state index in [-0.39, 0.29) is 116 Å². The Bertz CT molecular complexity index is 2060. The molecule has 0 aromatic heterocycles. The highest BCUT2D eigenvalue weighted by atomic mass is 16.6. The van der Waals surface area contributed by atoms with Crippen LogP contribution in [0.4, 0.5) is 0 Å². The Hall–Kier alpha value is -5.69. The van der Waals surface area contributed by atoms with E-state index in [1.807, 2.05) is 102 Å². The van der Waals surface area contributed by atoms with E-state index in [0.29, 0.717) is 71.7 Å². The second kappa shape index (κ2) is 47.9. The number of Topliss-reactive ketones (excluding diaryl/α,β-unsaturated/α-hetero) is 4. The van der Waals surface area contributed by atoms with Crippen LogP contribution >= 0.6 is 0 Å². The molecule has 5 N–H and O–H groups in total. The second-order valence-electron chi connectivity index (χ2n) is 21.7. The zero-order valence-corrected chi connectivity index (χ0v) is 50.6. The standard InChI is InChI=1S/C28H43N3O5.C23H35NO5.C12H24O4/c1-5-7-15-29-27(35)14-13-25(33)24(16-20(3)4)31-28(36)22(17-21-11-9-8-10-12-21)18-23(32)19-30-26(34)6-2;1-19(26)16-21(17-20-10-4-2-5-11-20)23(28)24-18-22(27)12-6-3-8-14-29-15-9-7-13-25;1-12(2,3)16-11(13)7-5-6-8-15-10-9-14-4/h8-12,20,22,24H,5-7,13-19H2,1-4H3,(H,29,35)(H,30,34)(H,31,36);2,4-5,10-11,21,25H,3,6-9,12-18H2,1H3,(H,24,28);5-10H2,1-4H3. The molecular weight excluding hydrogens is 1040 g/mol. The van der Waals surface area contributed by atoms with E-state index >= 15 is 0 Å². The smallest absolute Gasteiger partial charge is 0.306 e. The molecule has 2 aromatic carbocycles. The Morgan fingerprint density at radius 1 is 0.580 bits per heavy atom. The molecule has 3 unspecified atom stereocenters. The number of hydrogen-bond acceptors (Lipinski definition) is 14. The minimum absolute atomic E-state index is 0.00324. The molecule has 0 radical (unpaired) electrons. The number of carbonyl (C=O) groups excluding carboxylic acids is 9. The number of aliphatic hydroxyl groups is 1. The molecule has 2 rings (SSSR count). The number of carbonyl (C=O) groups is 9. The number of ether oxygens (including phenoxy) is 4. The van der Waals surface area contributed by atoms with E-state index in [1.54, 1.807) is 14.0 Å². The molecule has 81 heavy (non-hydrogen) atoms. The predicted octanol–water partition coefficient (Wildman–Crippen LogP) is 8.15. The first-order valence-electron chi connectivity index (χ1n) is 29.4. The number of methoxy groups -OCH3 is 1. The quantitative estimate of drug-likeness (QED) is 0.0310. The fourth-order valence-electron chi connectivity index (χ4n) is 7.91. The van der Waals surface area contributed by atoms with Crippen molar-refractivity contribution in [2.75, 3.05) is 66.4 Å². The van der Waals surface area contributed by atoms with Crippen LogP contribution in [0.2, 0.25) is 0 Å². The number of amides is 4. The van der Waals surface area contributed by atoms with Crippen molar-refractivity contribution >= 4 is 52.7 Å². The Balaban J connectivity index is 0.00000127. The molecule has 18 nitrogen and oxygen atoms in total. The van der Waals surface area contributed by atoms with Crippen molar-refractivity contribution in [3.8, 4) is 0 Å². The summed E-state index contributed by atoms with van der Waals surface area (Å²) in [5, 5.41) is 19.6. The maximum atomic E-state index is 13.3. The van der Waals surface area contributed by atoms with E-state index in [2.05, 4.69) is 21.3 Å². The van der Waals surface area contributed by atoms with E-state index in [0.717, 1.165) is 68.9 Å². The SMILES string of the molecule is CC(=O)CC(Cc1ccccc1)C(=O)NCC(=O)CCCCCOCCCCO.CCCCNC(=O)CCC(=O)C(CC(C)C)NC(=O)C(CC(=O)CNC(=O)CC)Cc1ccccc1.COCCOCCCCC(=O)OC(C)(C)C. The number of nitrogens with one attached hydrogen (secondary N) is 4. The van der Waals surface area contributed by atoms with Gasteiger partial charge in [-0.3, -0.25) is 38.4 Å². The summed E-state index contributed by atoms with van der Waals surface area (Å²) in [6.07, 6.45) is 10.4. The first-order chi connectivity index (χ1) is 38.6. The minimum Gasteiger partial charge on any atom is -0.460 e. The van der Waals surface area contributed by atoms with Crippen molar-refractivity contribution in [1.82, 2.24) is 21.3 Å². The molecule has 18 heteroatoms. The van der Waals surface area contributed by atoms with Crippen LogP contribution in [0.3, 0.4) is 0 Å². The van der Waals surface area contributed by atoms with Gasteiger partial charge in [-0.15, -0.1) is 0 Å². The van der Waals surface area contributed by atoms with Crippen molar-refractivity contribution in [1.29, 1.82) is 0 Å². The highest BCUT2D eigenvalue weighted by Gasteiger charge is 2.29. The number of unbranched alkanes of at least 4 members (excludes halogenated alkanes) is 5. The number of ketones is 4. The number of benzene rings is 2. The second-order valence-corrected chi connectivity index (χ2v) is 21.7. The van der Waals surface area contributed by atoms with Gasteiger partial charge in [-0.2, -0.15) is 0 Å². The average molecular weight is 1140 g/mol. The fourth-order valence-corrected chi connectivity index (χ4v) is 7.91. The lowest BCUT2D eigenvalue weighted by Gasteiger charge is -2.23. The van der Waals surface area contributed by atoms with Crippen LogP contribution in [0.5, 0.6) is 0 Å². The van der Waals surface area contributed by atoms with Crippen LogP contribution in [0, 0.1) is 17.8 Å². The summed E-state index contributed by atoms with van der Waals surface area (Å²) in [5.74, 6) is -2.61. The van der Waals surface area contributed by atoms with E-state index in [1.165, 1.54) is 6.92 Å². The molecule has 0 heterocycles. The first-order valence-corrected chi connectivity index (χ1v) is 29.4. The Morgan fingerprint density at radius 2 is 1.14 bits per heavy atom. The molecule has 0 aliphatic heterocycles. The summed E-state index contributed by atoms with van der Waals surface area (Å²) in [4.78, 5) is 110. The number of rotatable bonds is 43. The van der Waals surface area contributed by atoms with Crippen molar-refractivity contribution in [2.45, 2.75) is 189 Å². The van der Waals surface area contributed by atoms with Gasteiger partial charge in [-0.25, -0.2) is 0 Å². The third kappa shape index (κ3) is 44.6. The topological polar surface area (TPSA) is 259 Å². The predicted molar refractivity (Wildman–Crippen MR) is 315 cm³/mol. The van der Waals surface area contributed by atoms with Crippen molar-refractivity contribution < 1.29 is 67.2 Å². The summed E-state index contributed by atoms with van der Waals surface area (Å²) in [5.41, 5.74) is 1.52. The van der Waals surface area contributed by atoms with Gasteiger partial charge < -0.3 is 50.1 Å². The summed E-state index contributed by atoms with van der Waals surface area (Å²) >= 11 is 0. The van der Waals surface area contributed by atoms with Gasteiger partial charge in [-0.05, 0) is 109 Å². The van der Waals surface area contributed by atoms with Gasteiger partial charge in [-0.1, -0.05) is 101 Å². The first kappa shape index (κ1) is 75.3. The molecule has 458 valence electrons. The largest absolute Gasteiger partial charge is 0.460 e. The lowest BCUT2D eigenvalue weighted by atomic mass is 9.91. The highest BCUT2D eigenvalue weighted by Crippen LogP contribution is 2.17. The Labute approximate surface area is 484 Å². The summed E-state index contributed by atoms with van der Waals surface area (Å²) in [6, 6.07) is 18.2. The van der Waals surface area contributed by atoms with Crippen molar-refractivity contribution in [2.24, 2.45) is 17.8 Å². The number of esters is 1. The van der Waals surface area contributed by atoms with Crippen LogP contribution in [0.25, 0.3) is 0 Å². The molecule has 0 bridgehead atoms. The van der Waals surface area contributed by atoms with Crippen LogP contribution in [0.15, 0.2) is 60.7 Å². The fraction of sp³-hybridized carbons (Fsp3) is 0.667. The van der Waals surface area contributed by atoms with E-state index in [9.17, 15) is 43.2 Å². The normalized spacial score (nSPS) is 12.0. The highest BCUT2D eigenvalue weighted by molar-refractivity contribution is 5.94. The Morgan fingerprint density at radius 3 is 1.68 bits per heavy atom. The molecule has 0 fully saturated rings. The van der Waals surface area contributed by atoms with Gasteiger partial charge in [0.2, 0.25) is 23.6 Å². The third-order valence-corrected chi connectivity index (χ3v) is 12.2. The number of hydrogen-bond donors (Lipinski definition) is 5. The molecule has 0 aliphatic rings. The van der Waals surface area contributed by atoms with E-state index in [4.69, 9.17) is 24.1 Å². The maximum Gasteiger partial charge on any atom is 0.306 e. The van der Waals surface area contributed by atoms with Gasteiger partial charge in [0.25, 0.3) is 0 Å². The lowest BCUT2D eigenvalue weighted by molar-refractivity contribution is -0.155. The van der Waals surface area contributed by atoms with Crippen LogP contribution in [-0.2, 0) is 74.9 Å². The number of aliphatic hydroxyl groups excluding tert-OH is 1. The molecule has 0 aliphatic carbocycles. The molecule has 0 spiro atoms. The minimum atomic E-state index is -0.728. The van der Waals surface area contributed by atoms with Crippen molar-refractivity contribution in [3.63, 3.8) is 0 Å². The van der Waals surface area contributed by atoms with Crippen molar-refractivity contribution in [3.05, 3.63) is 71.8 Å². The monoisotopic (exact) mass is 1140 g/mol. The van der Waals surface area contributed by atoms with Gasteiger partial charge >= 0.3 is 5.97 Å². The maximum absolute atomic E-state index is 13.3. The summed E-state index contributed by atoms with van der Waals surface area (Å²) in [6.45, 7) is 18.7. The zero-order chi connectivity index (χ0) is 60.7. The van der Waals surface area contributed by atoms with Gasteiger partial charge in [0.1, 0.15) is 11.4 Å². The van der Waals surface area contributed by atoms with Gasteiger partial charge in [0.05, 0.1) is 32.3 Å². The molecular formula is C63H102N4O14. The van der Waals surface area contributed by atoms with Crippen LogP contribution in [-0.4, -0.2) is 136 Å². The average Bonchev–Trinajstić information content (AvgIpc) is 3.42. The van der Waals surface area contributed by atoms with Gasteiger partial charge in [0.15, 0.2) is 17.3 Å². The third-order valence-electron chi connectivity index (χ3n) is 12.2. The van der Waals surface area contributed by atoms with Gasteiger partial charge in [0, 0.05) is 96.9 Å². The van der Waals surface area contributed by atoms with Crippen LogP contribution < -0.4 is 21.3 Å². The molecule has 0 saturated carbocycles. The molecule has 0 saturated heterocycles. The zero-order valence-electron chi connectivity index (χ0n) is 50.6. The summed E-state index contributed by atoms with van der Waals surface area (Å²) < 4.78 is 20.8. The van der Waals surface area contributed by atoms with E-state index < -0.39 is 17.9 Å². The van der Waals surface area contributed by atoms with Crippen LogP contribution in [0.1, 0.15) is 176 Å². The Kier molecular flexibility index (Phi) is 44.5.